The van der Waals surface area contributed by atoms with Crippen molar-refractivity contribution >= 4 is 77.9 Å². The van der Waals surface area contributed by atoms with Gasteiger partial charge in [-0.25, -0.2) is 0 Å². The van der Waals surface area contributed by atoms with Gasteiger partial charge in [-0.3, -0.25) is 0 Å². The van der Waals surface area contributed by atoms with Crippen molar-refractivity contribution in [3.8, 4) is 0 Å². The Morgan fingerprint density at radius 2 is 0.812 bits per heavy atom. The van der Waals surface area contributed by atoms with Crippen molar-refractivity contribution in [3.05, 3.63) is 12.1 Å². The fraction of sp³-hybridized carbons (Fsp3) is 0.737. The molecule has 0 aromatic carbocycles. The molecule has 10 heteroatoms. The van der Waals surface area contributed by atoms with Crippen molar-refractivity contribution < 1.29 is 18.6 Å². The molecular formula is C38H60B2N2O4S2. The average Bonchev–Trinajstić information content (AvgIpc) is 3.80. The highest BCUT2D eigenvalue weighted by atomic mass is 32.1. The minimum Gasteiger partial charge on any atom is -0.399 e. The van der Waals surface area contributed by atoms with Crippen LogP contribution in [0, 0.1) is 0 Å². The Balaban J connectivity index is 1.44. The second-order valence-corrected chi connectivity index (χ2v) is 18.6. The van der Waals surface area contributed by atoms with Gasteiger partial charge in [-0.1, -0.05) is 78.1 Å². The zero-order valence-corrected chi connectivity index (χ0v) is 33.2. The maximum Gasteiger partial charge on any atom is 0.505 e. The Labute approximate surface area is 298 Å². The number of rotatable bonds is 16. The second-order valence-electron chi connectivity index (χ2n) is 16.4. The molecule has 0 radical (unpaired) electrons. The Bertz CT molecular complexity index is 1560. The second kappa shape index (κ2) is 14.0. The number of fused-ring (bicyclic) bond motifs is 5. The summed E-state index contributed by atoms with van der Waals surface area (Å²) in [5.74, 6) is 0. The molecular weight excluding hydrogens is 634 g/mol. The molecule has 0 spiro atoms. The molecule has 2 aliphatic heterocycles. The highest BCUT2D eigenvalue weighted by Crippen LogP contribution is 2.44. The lowest BCUT2D eigenvalue weighted by Gasteiger charge is -2.32. The van der Waals surface area contributed by atoms with E-state index in [9.17, 15) is 0 Å². The number of aryl methyl sites for hydroxylation is 2. The SMILES string of the molecule is CCCCCCCCn1c2cc(B3OC(C)(C)C(C)(C)O3)sc2c2c1c1sc(B3OC(C)(C)C(C)(C)O3)cc1n2CCCCCCCC. The molecule has 0 amide bonds. The van der Waals surface area contributed by atoms with Gasteiger partial charge in [0.15, 0.2) is 0 Å². The molecule has 0 N–H and O–H groups in total. The monoisotopic (exact) mass is 694 g/mol. The summed E-state index contributed by atoms with van der Waals surface area (Å²) in [6.45, 7) is 23.8. The largest absolute Gasteiger partial charge is 0.505 e. The standard InChI is InChI=1S/C38H60B2N2O4S2/c1-11-13-15-17-19-21-23-41-27-25-29(39-43-35(3,4)36(5,6)44-39)47-33(27)32-31(41)34-28(42(32)24-22-20-18-16-14-12-2)26-30(48-34)40-45-37(7,8)38(9,10)46-40/h25-26H,11-24H2,1-10H3. The lowest BCUT2D eigenvalue weighted by Crippen LogP contribution is -2.41. The van der Waals surface area contributed by atoms with Crippen molar-refractivity contribution in [1.82, 2.24) is 9.13 Å². The van der Waals surface area contributed by atoms with E-state index in [1.165, 1.54) is 118 Å². The van der Waals surface area contributed by atoms with E-state index >= 15 is 0 Å². The molecule has 4 aromatic heterocycles. The first-order valence-electron chi connectivity index (χ1n) is 19.0. The minimum absolute atomic E-state index is 0.344. The van der Waals surface area contributed by atoms with Gasteiger partial charge >= 0.3 is 14.2 Å². The molecule has 2 fully saturated rings. The number of thiophene rings is 2. The highest BCUT2D eigenvalue weighted by molar-refractivity contribution is 7.30. The molecule has 6 heterocycles. The van der Waals surface area contributed by atoms with Gasteiger partial charge in [0.25, 0.3) is 0 Å². The van der Waals surface area contributed by atoms with E-state index in [4.69, 9.17) is 18.6 Å². The summed E-state index contributed by atoms with van der Waals surface area (Å²) in [6.07, 6.45) is 15.4. The summed E-state index contributed by atoms with van der Waals surface area (Å²) < 4.78 is 36.7. The minimum atomic E-state index is -0.361. The first-order chi connectivity index (χ1) is 22.7. The van der Waals surface area contributed by atoms with Crippen molar-refractivity contribution in [2.75, 3.05) is 0 Å². The number of hydrogen-bond acceptors (Lipinski definition) is 6. The van der Waals surface area contributed by atoms with E-state index < -0.39 is 0 Å². The number of hydrogen-bond donors (Lipinski definition) is 0. The third-order valence-corrected chi connectivity index (χ3v) is 14.0. The predicted octanol–water partition coefficient (Wildman–Crippen LogP) is 10.2. The first-order valence-corrected chi connectivity index (χ1v) is 20.6. The number of nitrogens with zero attached hydrogens (tertiary/aromatic N) is 2. The predicted molar refractivity (Wildman–Crippen MR) is 209 cm³/mol. The summed E-state index contributed by atoms with van der Waals surface area (Å²) >= 11 is 3.74. The Morgan fingerprint density at radius 3 is 1.15 bits per heavy atom. The third-order valence-electron chi connectivity index (χ3n) is 11.7. The van der Waals surface area contributed by atoms with Gasteiger partial charge in [-0.15, -0.1) is 22.7 Å². The Morgan fingerprint density at radius 1 is 0.500 bits per heavy atom. The Kier molecular flexibility index (Phi) is 10.7. The van der Waals surface area contributed by atoms with E-state index in [1.54, 1.807) is 0 Å². The number of unbranched alkanes of at least 4 members (excludes halogenated alkanes) is 10. The molecule has 0 atom stereocenters. The maximum absolute atomic E-state index is 6.58. The van der Waals surface area contributed by atoms with Crippen molar-refractivity contribution in [1.29, 1.82) is 0 Å². The van der Waals surface area contributed by atoms with E-state index in [0.717, 1.165) is 13.1 Å². The molecule has 2 saturated heterocycles. The van der Waals surface area contributed by atoms with Crippen molar-refractivity contribution in [2.24, 2.45) is 0 Å². The number of aromatic nitrogens is 2. The van der Waals surface area contributed by atoms with Crippen LogP contribution in [-0.4, -0.2) is 45.8 Å². The van der Waals surface area contributed by atoms with Gasteiger partial charge < -0.3 is 27.8 Å². The molecule has 0 aliphatic carbocycles. The summed E-state index contributed by atoms with van der Waals surface area (Å²) in [5.41, 5.74) is 3.98. The van der Waals surface area contributed by atoms with Crippen LogP contribution in [0.3, 0.4) is 0 Å². The van der Waals surface area contributed by atoms with Crippen molar-refractivity contribution in [3.63, 3.8) is 0 Å². The molecule has 2 aliphatic rings. The van der Waals surface area contributed by atoms with Crippen molar-refractivity contribution in [2.45, 2.75) is 182 Å². The quantitative estimate of drug-likeness (QED) is 0.0866. The molecule has 264 valence electrons. The summed E-state index contributed by atoms with van der Waals surface area (Å²) in [5, 5.41) is 0. The van der Waals surface area contributed by atoms with Crippen LogP contribution in [0.1, 0.15) is 146 Å². The van der Waals surface area contributed by atoms with Gasteiger partial charge in [0, 0.05) is 22.6 Å². The van der Waals surface area contributed by atoms with Gasteiger partial charge in [0.1, 0.15) is 0 Å². The summed E-state index contributed by atoms with van der Waals surface area (Å²) in [6, 6.07) is 4.76. The lowest BCUT2D eigenvalue weighted by molar-refractivity contribution is 0.00578. The molecule has 48 heavy (non-hydrogen) atoms. The van der Waals surface area contributed by atoms with Gasteiger partial charge in [0.05, 0.1) is 53.9 Å². The average molecular weight is 695 g/mol. The van der Waals surface area contributed by atoms with Crippen LogP contribution in [0.15, 0.2) is 12.1 Å². The smallest absolute Gasteiger partial charge is 0.399 e. The van der Waals surface area contributed by atoms with E-state index in [0.29, 0.717) is 0 Å². The van der Waals surface area contributed by atoms with Crippen LogP contribution < -0.4 is 9.55 Å². The van der Waals surface area contributed by atoms with Crippen LogP contribution in [0.5, 0.6) is 0 Å². The molecule has 0 bridgehead atoms. The van der Waals surface area contributed by atoms with Crippen LogP contribution in [0.2, 0.25) is 0 Å². The summed E-state index contributed by atoms with van der Waals surface area (Å²) in [4.78, 5) is 0. The van der Waals surface area contributed by atoms with Gasteiger partial charge in [-0.2, -0.15) is 0 Å². The maximum atomic E-state index is 6.58. The zero-order valence-electron chi connectivity index (χ0n) is 31.6. The normalized spacial score (nSPS) is 20.0. The molecule has 0 unspecified atom stereocenters. The fourth-order valence-electron chi connectivity index (χ4n) is 7.21. The van der Waals surface area contributed by atoms with E-state index in [1.807, 2.05) is 22.7 Å². The molecule has 6 rings (SSSR count). The van der Waals surface area contributed by atoms with Gasteiger partial charge in [-0.05, 0) is 80.4 Å². The fourth-order valence-corrected chi connectivity index (χ4v) is 9.56. The van der Waals surface area contributed by atoms with Crippen LogP contribution in [-0.2, 0) is 31.7 Å². The molecule has 6 nitrogen and oxygen atoms in total. The molecule has 0 saturated carbocycles. The zero-order chi connectivity index (χ0) is 34.5. The topological polar surface area (TPSA) is 46.8 Å². The van der Waals surface area contributed by atoms with Gasteiger partial charge in [0.2, 0.25) is 0 Å². The van der Waals surface area contributed by atoms with E-state index in [-0.39, 0.29) is 36.6 Å². The van der Waals surface area contributed by atoms with Crippen LogP contribution >= 0.6 is 22.7 Å². The van der Waals surface area contributed by atoms with Crippen LogP contribution in [0.4, 0.5) is 0 Å². The lowest BCUT2D eigenvalue weighted by atomic mass is 9.88. The molecule has 4 aromatic rings. The Hall–Kier alpha value is -1.29. The third kappa shape index (κ3) is 6.72. The van der Waals surface area contributed by atoms with Crippen LogP contribution in [0.25, 0.3) is 31.5 Å². The summed E-state index contributed by atoms with van der Waals surface area (Å²) in [7, 11) is -0.689. The first kappa shape index (κ1) is 36.5. The van der Waals surface area contributed by atoms with E-state index in [2.05, 4.69) is 90.5 Å². The highest BCUT2D eigenvalue weighted by Gasteiger charge is 2.53.